The summed E-state index contributed by atoms with van der Waals surface area (Å²) in [5.74, 6) is 6.57. The van der Waals surface area contributed by atoms with Crippen LogP contribution < -0.4 is 0 Å². The van der Waals surface area contributed by atoms with Crippen molar-refractivity contribution in [1.29, 1.82) is 0 Å². The van der Waals surface area contributed by atoms with E-state index in [4.69, 9.17) is 0 Å². The standard InChI is InChI=1S/C15H22/c1-14(2,3)10-9-12-7-8-13(11-12)15(4,5)6/h7-8H,11H2,1-6H3. The second kappa shape index (κ2) is 3.89. The van der Waals surface area contributed by atoms with Gasteiger partial charge in [0.25, 0.3) is 0 Å². The van der Waals surface area contributed by atoms with Crippen molar-refractivity contribution >= 4 is 0 Å². The zero-order valence-corrected chi connectivity index (χ0v) is 10.9. The number of allylic oxidation sites excluding steroid dienone is 4. The maximum absolute atomic E-state index is 3.28. The average Bonchev–Trinajstić information content (AvgIpc) is 2.45. The lowest BCUT2D eigenvalue weighted by Crippen LogP contribution is -2.07. The molecule has 0 aromatic carbocycles. The normalized spacial score (nSPS) is 16.7. The zero-order valence-electron chi connectivity index (χ0n) is 10.9. The lowest BCUT2D eigenvalue weighted by atomic mass is 9.85. The van der Waals surface area contributed by atoms with Crippen molar-refractivity contribution in [1.82, 2.24) is 0 Å². The highest BCUT2D eigenvalue weighted by Gasteiger charge is 2.20. The maximum atomic E-state index is 3.28. The summed E-state index contributed by atoms with van der Waals surface area (Å²) in [6, 6.07) is 0. The molecule has 0 amide bonds. The fourth-order valence-electron chi connectivity index (χ4n) is 1.39. The summed E-state index contributed by atoms with van der Waals surface area (Å²) in [5.41, 5.74) is 3.13. The van der Waals surface area contributed by atoms with Gasteiger partial charge in [-0.2, -0.15) is 0 Å². The van der Waals surface area contributed by atoms with Gasteiger partial charge >= 0.3 is 0 Å². The summed E-state index contributed by atoms with van der Waals surface area (Å²) < 4.78 is 0. The minimum atomic E-state index is 0.103. The van der Waals surface area contributed by atoms with E-state index in [0.29, 0.717) is 0 Å². The minimum Gasteiger partial charge on any atom is -0.0923 e. The molecule has 0 heteroatoms. The second-order valence-electron chi connectivity index (χ2n) is 6.31. The van der Waals surface area contributed by atoms with E-state index in [0.717, 1.165) is 6.42 Å². The van der Waals surface area contributed by atoms with E-state index in [1.807, 2.05) is 0 Å². The Kier molecular flexibility index (Phi) is 3.14. The molecule has 15 heavy (non-hydrogen) atoms. The molecule has 0 aliphatic heterocycles. The van der Waals surface area contributed by atoms with Crippen LogP contribution in [0.15, 0.2) is 23.3 Å². The molecule has 0 aromatic heterocycles. The van der Waals surface area contributed by atoms with Crippen molar-refractivity contribution in [3.05, 3.63) is 23.3 Å². The van der Waals surface area contributed by atoms with Gasteiger partial charge in [0, 0.05) is 17.4 Å². The van der Waals surface area contributed by atoms with Crippen LogP contribution in [-0.4, -0.2) is 0 Å². The van der Waals surface area contributed by atoms with E-state index in [2.05, 4.69) is 65.5 Å². The summed E-state index contributed by atoms with van der Waals surface area (Å²) in [4.78, 5) is 0. The Labute approximate surface area is 94.5 Å². The first kappa shape index (κ1) is 12.1. The van der Waals surface area contributed by atoms with Crippen LogP contribution >= 0.6 is 0 Å². The van der Waals surface area contributed by atoms with Gasteiger partial charge in [-0.3, -0.25) is 0 Å². The Bertz CT molecular complexity index is 354. The van der Waals surface area contributed by atoms with Gasteiger partial charge in [0.15, 0.2) is 0 Å². The zero-order chi connectivity index (χ0) is 11.7. The molecule has 0 atom stereocenters. The van der Waals surface area contributed by atoms with Crippen LogP contribution in [0.2, 0.25) is 0 Å². The van der Waals surface area contributed by atoms with Crippen LogP contribution in [0, 0.1) is 22.7 Å². The van der Waals surface area contributed by atoms with Crippen LogP contribution in [0.3, 0.4) is 0 Å². The third-order valence-electron chi connectivity index (χ3n) is 2.43. The Morgan fingerprint density at radius 3 is 2.00 bits per heavy atom. The maximum Gasteiger partial charge on any atom is 0.0233 e. The molecule has 0 saturated heterocycles. The third kappa shape index (κ3) is 3.96. The lowest BCUT2D eigenvalue weighted by molar-refractivity contribution is 0.495. The molecule has 0 radical (unpaired) electrons. The first-order chi connectivity index (χ1) is 6.68. The number of hydrogen-bond acceptors (Lipinski definition) is 0. The summed E-state index contributed by atoms with van der Waals surface area (Å²) in [7, 11) is 0. The van der Waals surface area contributed by atoms with Gasteiger partial charge in [-0.25, -0.2) is 0 Å². The third-order valence-corrected chi connectivity index (χ3v) is 2.43. The summed E-state index contributed by atoms with van der Waals surface area (Å²) in [5, 5.41) is 0. The van der Waals surface area contributed by atoms with E-state index < -0.39 is 0 Å². The second-order valence-corrected chi connectivity index (χ2v) is 6.31. The largest absolute Gasteiger partial charge is 0.0923 e. The Hall–Kier alpha value is -0.960. The minimum absolute atomic E-state index is 0.103. The molecule has 82 valence electrons. The van der Waals surface area contributed by atoms with Gasteiger partial charge in [0.2, 0.25) is 0 Å². The molecule has 1 rings (SSSR count). The number of hydrogen-bond donors (Lipinski definition) is 0. The fourth-order valence-corrected chi connectivity index (χ4v) is 1.39. The van der Waals surface area contributed by atoms with E-state index in [1.165, 1.54) is 11.1 Å². The highest BCUT2D eigenvalue weighted by atomic mass is 14.2. The van der Waals surface area contributed by atoms with Crippen LogP contribution in [0.1, 0.15) is 48.0 Å². The van der Waals surface area contributed by atoms with Crippen LogP contribution in [0.25, 0.3) is 0 Å². The topological polar surface area (TPSA) is 0 Å². The van der Waals surface area contributed by atoms with Gasteiger partial charge < -0.3 is 0 Å². The number of rotatable bonds is 0. The molecule has 0 unspecified atom stereocenters. The van der Waals surface area contributed by atoms with Crippen LogP contribution in [-0.2, 0) is 0 Å². The van der Waals surface area contributed by atoms with E-state index >= 15 is 0 Å². The summed E-state index contributed by atoms with van der Waals surface area (Å²) in [6.45, 7) is 13.2. The van der Waals surface area contributed by atoms with Crippen molar-refractivity contribution in [2.45, 2.75) is 48.0 Å². The molecule has 0 heterocycles. The SMILES string of the molecule is CC(C)(C)C#CC1=CC=C(C(C)(C)C)C1. The first-order valence-electron chi connectivity index (χ1n) is 5.62. The summed E-state index contributed by atoms with van der Waals surface area (Å²) in [6.07, 6.45) is 5.43. The molecule has 0 bridgehead atoms. The van der Waals surface area contributed by atoms with Crippen molar-refractivity contribution in [2.75, 3.05) is 0 Å². The van der Waals surface area contributed by atoms with Gasteiger partial charge in [-0.15, -0.1) is 0 Å². The molecule has 0 aromatic rings. The molecular weight excluding hydrogens is 180 g/mol. The van der Waals surface area contributed by atoms with Gasteiger partial charge in [-0.05, 0) is 26.2 Å². The highest BCUT2D eigenvalue weighted by molar-refractivity contribution is 5.44. The Morgan fingerprint density at radius 1 is 1.00 bits per heavy atom. The predicted molar refractivity (Wildman–Crippen MR) is 67.5 cm³/mol. The first-order valence-corrected chi connectivity index (χ1v) is 5.62. The van der Waals surface area contributed by atoms with E-state index in [9.17, 15) is 0 Å². The molecule has 0 saturated carbocycles. The molecule has 0 N–H and O–H groups in total. The predicted octanol–water partition coefficient (Wildman–Crippen LogP) is 4.34. The van der Waals surface area contributed by atoms with Crippen molar-refractivity contribution in [3.63, 3.8) is 0 Å². The molecule has 0 nitrogen and oxygen atoms in total. The Balaban J connectivity index is 2.65. The van der Waals surface area contributed by atoms with E-state index in [1.54, 1.807) is 0 Å². The fraction of sp³-hybridized carbons (Fsp3) is 0.600. The monoisotopic (exact) mass is 202 g/mol. The molecule has 1 aliphatic rings. The van der Waals surface area contributed by atoms with Crippen molar-refractivity contribution < 1.29 is 0 Å². The molecular formula is C15H22. The van der Waals surface area contributed by atoms with Crippen LogP contribution in [0.4, 0.5) is 0 Å². The van der Waals surface area contributed by atoms with Crippen LogP contribution in [0.5, 0.6) is 0 Å². The molecule has 0 fully saturated rings. The van der Waals surface area contributed by atoms with Gasteiger partial charge in [0.1, 0.15) is 0 Å². The highest BCUT2D eigenvalue weighted by Crippen LogP contribution is 2.33. The molecule has 0 spiro atoms. The molecule has 1 aliphatic carbocycles. The van der Waals surface area contributed by atoms with Gasteiger partial charge in [-0.1, -0.05) is 50.3 Å². The lowest BCUT2D eigenvalue weighted by Gasteiger charge is -2.20. The van der Waals surface area contributed by atoms with Crippen molar-refractivity contribution in [3.8, 4) is 11.8 Å². The summed E-state index contributed by atoms with van der Waals surface area (Å²) >= 11 is 0. The van der Waals surface area contributed by atoms with E-state index in [-0.39, 0.29) is 10.8 Å². The smallest absolute Gasteiger partial charge is 0.0233 e. The Morgan fingerprint density at radius 2 is 1.60 bits per heavy atom. The van der Waals surface area contributed by atoms with Gasteiger partial charge in [0.05, 0.1) is 0 Å². The quantitative estimate of drug-likeness (QED) is 0.513. The van der Waals surface area contributed by atoms with Crippen molar-refractivity contribution in [2.24, 2.45) is 10.8 Å². The average molecular weight is 202 g/mol.